The Bertz CT molecular complexity index is 622. The molecule has 0 aromatic carbocycles. The molecule has 1 spiro atoms. The van der Waals surface area contributed by atoms with Crippen LogP contribution in [0, 0.1) is 0 Å². The van der Waals surface area contributed by atoms with Gasteiger partial charge in [-0.2, -0.15) is 0 Å². The van der Waals surface area contributed by atoms with E-state index in [1.54, 1.807) is 0 Å². The van der Waals surface area contributed by atoms with Crippen LogP contribution < -0.4 is 5.32 Å². The first-order chi connectivity index (χ1) is 10.5. The number of ether oxygens (including phenoxy) is 2. The highest BCUT2D eigenvalue weighted by Gasteiger charge is 2.51. The molecule has 1 aromatic rings. The van der Waals surface area contributed by atoms with Crippen LogP contribution in [-0.4, -0.2) is 51.9 Å². The Morgan fingerprint density at radius 3 is 2.86 bits per heavy atom. The molecule has 0 bridgehead atoms. The summed E-state index contributed by atoms with van der Waals surface area (Å²) in [6, 6.07) is -1.00. The van der Waals surface area contributed by atoms with Gasteiger partial charge in [0.1, 0.15) is 11.1 Å². The lowest BCUT2D eigenvalue weighted by molar-refractivity contribution is -0.144. The second-order valence-electron chi connectivity index (χ2n) is 5.05. The zero-order valence-corrected chi connectivity index (χ0v) is 12.2. The summed E-state index contributed by atoms with van der Waals surface area (Å²) in [6.07, 6.45) is 3.09. The number of Topliss-reactive ketones (excluding diaryl/α,β-unsaturated/α-hetero) is 1. The minimum Gasteiger partial charge on any atom is -0.480 e. The first-order valence-electron chi connectivity index (χ1n) is 6.70. The fourth-order valence-electron chi connectivity index (χ4n) is 2.55. The van der Waals surface area contributed by atoms with E-state index in [1.165, 1.54) is 12.5 Å². The van der Waals surface area contributed by atoms with Crippen LogP contribution in [0.4, 0.5) is 0 Å². The number of carbonyl (C=O) groups excluding carboxylic acids is 1. The molecule has 0 amide bonds. The summed E-state index contributed by atoms with van der Waals surface area (Å²) in [5, 5.41) is 12.1. The molecule has 2 heterocycles. The van der Waals surface area contributed by atoms with Crippen molar-refractivity contribution < 1.29 is 24.2 Å². The van der Waals surface area contributed by atoms with Crippen LogP contribution in [0.25, 0.3) is 0 Å². The van der Waals surface area contributed by atoms with Crippen LogP contribution in [-0.2, 0) is 25.5 Å². The van der Waals surface area contributed by atoms with Gasteiger partial charge in [-0.25, -0.2) is 9.78 Å². The zero-order valence-electron chi connectivity index (χ0n) is 11.5. The Kier molecular flexibility index (Phi) is 3.90. The Hall–Kier alpha value is -1.90. The lowest BCUT2D eigenvalue weighted by Crippen LogP contribution is -2.45. The molecule has 118 valence electrons. The molecular weight excluding hydrogens is 314 g/mol. The first kappa shape index (κ1) is 15.0. The molecule has 3 rings (SSSR count). The number of rotatable bonds is 5. The number of nitrogens with one attached hydrogen (secondary N) is 2. The van der Waals surface area contributed by atoms with Crippen molar-refractivity contribution in [3.05, 3.63) is 28.9 Å². The molecule has 1 atom stereocenters. The molecule has 0 radical (unpaired) electrons. The predicted molar refractivity (Wildman–Crippen MR) is 74.0 cm³/mol. The predicted octanol–water partition coefficient (Wildman–Crippen LogP) is 0.161. The second-order valence-corrected chi connectivity index (χ2v) is 5.43. The SMILES string of the molecule is O=C1CC2(OCCO2)C(N[C@@H](Cc2cnc[nH]2)C(=O)O)=C1Cl. The number of allylic oxidation sites excluding steroid dienone is 1. The summed E-state index contributed by atoms with van der Waals surface area (Å²) in [7, 11) is 0. The normalized spacial score (nSPS) is 21.6. The highest BCUT2D eigenvalue weighted by Crippen LogP contribution is 2.40. The lowest BCUT2D eigenvalue weighted by atomic mass is 10.1. The van der Waals surface area contributed by atoms with Crippen LogP contribution in [0.2, 0.25) is 0 Å². The van der Waals surface area contributed by atoms with Gasteiger partial charge in [0.15, 0.2) is 5.78 Å². The summed E-state index contributed by atoms with van der Waals surface area (Å²) in [5.74, 6) is -2.70. The third-order valence-electron chi connectivity index (χ3n) is 3.59. The monoisotopic (exact) mass is 327 g/mol. The third kappa shape index (κ3) is 2.60. The van der Waals surface area contributed by atoms with E-state index in [2.05, 4.69) is 15.3 Å². The van der Waals surface area contributed by atoms with Gasteiger partial charge in [-0.15, -0.1) is 0 Å². The minimum atomic E-state index is -1.28. The van der Waals surface area contributed by atoms with Crippen molar-refractivity contribution in [2.75, 3.05) is 13.2 Å². The summed E-state index contributed by atoms with van der Waals surface area (Å²) in [5.41, 5.74) is 0.826. The Morgan fingerprint density at radius 1 is 1.55 bits per heavy atom. The first-order valence-corrected chi connectivity index (χ1v) is 7.07. The van der Waals surface area contributed by atoms with Gasteiger partial charge in [-0.1, -0.05) is 11.6 Å². The maximum Gasteiger partial charge on any atom is 0.326 e. The average Bonchev–Trinajstić information content (AvgIpc) is 3.17. The Balaban J connectivity index is 1.84. The van der Waals surface area contributed by atoms with E-state index < -0.39 is 17.8 Å². The fourth-order valence-corrected chi connectivity index (χ4v) is 2.81. The van der Waals surface area contributed by atoms with Crippen LogP contribution in [0.15, 0.2) is 23.3 Å². The van der Waals surface area contributed by atoms with E-state index in [9.17, 15) is 14.7 Å². The number of carbonyl (C=O) groups is 2. The number of imidazole rings is 1. The number of aliphatic carboxylic acids is 1. The molecule has 0 unspecified atom stereocenters. The molecule has 0 saturated carbocycles. The standard InChI is InChI=1S/C13H14ClN3O5/c14-10-9(18)4-13(21-1-2-22-13)11(10)17-8(12(19)20)3-7-5-15-6-16-7/h5-6,8,17H,1-4H2,(H,15,16)(H,19,20)/t8-/m0/s1. The molecule has 3 N–H and O–H groups in total. The fraction of sp³-hybridized carbons (Fsp3) is 0.462. The number of nitrogens with zero attached hydrogens (tertiary/aromatic N) is 1. The smallest absolute Gasteiger partial charge is 0.326 e. The largest absolute Gasteiger partial charge is 0.480 e. The van der Waals surface area contributed by atoms with Crippen molar-refractivity contribution in [3.63, 3.8) is 0 Å². The summed E-state index contributed by atoms with van der Waals surface area (Å²) in [6.45, 7) is 0.641. The maximum atomic E-state index is 11.9. The summed E-state index contributed by atoms with van der Waals surface area (Å²) < 4.78 is 11.0. The van der Waals surface area contributed by atoms with Gasteiger partial charge in [0, 0.05) is 18.3 Å². The highest BCUT2D eigenvalue weighted by molar-refractivity contribution is 6.44. The number of aromatic amines is 1. The molecule has 1 aliphatic carbocycles. The highest BCUT2D eigenvalue weighted by atomic mass is 35.5. The second kappa shape index (κ2) is 5.71. The number of carboxylic acid groups (broad SMARTS) is 1. The van der Waals surface area contributed by atoms with Crippen molar-refractivity contribution in [3.8, 4) is 0 Å². The Labute approximate surface area is 130 Å². The number of H-pyrrole nitrogens is 1. The third-order valence-corrected chi connectivity index (χ3v) is 3.99. The van der Waals surface area contributed by atoms with Gasteiger partial charge in [-0.3, -0.25) is 4.79 Å². The molecule has 1 aliphatic heterocycles. The quantitative estimate of drug-likeness (QED) is 0.706. The topological polar surface area (TPSA) is 114 Å². The van der Waals surface area contributed by atoms with E-state index in [0.29, 0.717) is 18.9 Å². The van der Waals surface area contributed by atoms with E-state index in [4.69, 9.17) is 21.1 Å². The van der Waals surface area contributed by atoms with Crippen LogP contribution in [0.3, 0.4) is 0 Å². The molecule has 1 saturated heterocycles. The van der Waals surface area contributed by atoms with Gasteiger partial charge in [0.25, 0.3) is 0 Å². The van der Waals surface area contributed by atoms with Crippen LogP contribution >= 0.6 is 11.6 Å². The zero-order chi connectivity index (χ0) is 15.7. The molecular formula is C13H14ClN3O5. The number of carboxylic acids is 1. The summed E-state index contributed by atoms with van der Waals surface area (Å²) >= 11 is 6.02. The minimum absolute atomic E-state index is 0.0510. The van der Waals surface area contributed by atoms with Gasteiger partial charge < -0.3 is 24.9 Å². The number of hydrogen-bond acceptors (Lipinski definition) is 6. The van der Waals surface area contributed by atoms with Gasteiger partial charge >= 0.3 is 5.97 Å². The van der Waals surface area contributed by atoms with Crippen molar-refractivity contribution >= 4 is 23.4 Å². The summed E-state index contributed by atoms with van der Waals surface area (Å²) in [4.78, 5) is 30.0. The van der Waals surface area contributed by atoms with Crippen molar-refractivity contribution in [2.24, 2.45) is 0 Å². The van der Waals surface area contributed by atoms with E-state index in [1.807, 2.05) is 0 Å². The van der Waals surface area contributed by atoms with Gasteiger partial charge in [0.2, 0.25) is 5.79 Å². The van der Waals surface area contributed by atoms with Gasteiger partial charge in [0.05, 0.1) is 31.7 Å². The van der Waals surface area contributed by atoms with E-state index in [0.717, 1.165) is 0 Å². The maximum absolute atomic E-state index is 11.9. The van der Waals surface area contributed by atoms with Crippen LogP contribution in [0.5, 0.6) is 0 Å². The van der Waals surface area contributed by atoms with E-state index in [-0.39, 0.29) is 29.4 Å². The molecule has 1 fully saturated rings. The molecule has 1 aromatic heterocycles. The number of aromatic nitrogens is 2. The molecule has 2 aliphatic rings. The number of ketones is 1. The number of hydrogen-bond donors (Lipinski definition) is 3. The van der Waals surface area contributed by atoms with Crippen LogP contribution in [0.1, 0.15) is 12.1 Å². The Morgan fingerprint density at radius 2 is 2.27 bits per heavy atom. The van der Waals surface area contributed by atoms with Gasteiger partial charge in [-0.05, 0) is 0 Å². The molecule has 9 heteroatoms. The number of halogens is 1. The van der Waals surface area contributed by atoms with Crippen molar-refractivity contribution in [1.29, 1.82) is 0 Å². The average molecular weight is 328 g/mol. The molecule has 22 heavy (non-hydrogen) atoms. The lowest BCUT2D eigenvalue weighted by Gasteiger charge is -2.27. The van der Waals surface area contributed by atoms with Crippen molar-refractivity contribution in [2.45, 2.75) is 24.7 Å². The van der Waals surface area contributed by atoms with E-state index >= 15 is 0 Å². The molecule has 8 nitrogen and oxygen atoms in total. The van der Waals surface area contributed by atoms with Crippen molar-refractivity contribution in [1.82, 2.24) is 15.3 Å².